The fourth-order valence-electron chi connectivity index (χ4n) is 2.60. The number of aromatic nitrogens is 1. The van der Waals surface area contributed by atoms with Crippen molar-refractivity contribution in [1.82, 2.24) is 10.1 Å². The zero-order valence-electron chi connectivity index (χ0n) is 20.1. The van der Waals surface area contributed by atoms with E-state index in [0.717, 1.165) is 18.9 Å². The number of alkyl halides is 3. The summed E-state index contributed by atoms with van der Waals surface area (Å²) in [5.41, 5.74) is -0.994. The molecule has 0 fully saturated rings. The number of nitrogens with one attached hydrogen (secondary N) is 1. The van der Waals surface area contributed by atoms with E-state index >= 15 is 0 Å². The van der Waals surface area contributed by atoms with Crippen molar-refractivity contribution in [2.24, 2.45) is 0 Å². The van der Waals surface area contributed by atoms with E-state index in [9.17, 15) is 22.5 Å². The number of halogens is 4. The zero-order chi connectivity index (χ0) is 26.8. The van der Waals surface area contributed by atoms with Gasteiger partial charge in [-0.25, -0.2) is 9.55 Å². The summed E-state index contributed by atoms with van der Waals surface area (Å²) in [6.07, 6.45) is -2.04. The molecule has 1 atom stereocenters. The Morgan fingerprint density at radius 1 is 1.08 bits per heavy atom. The number of amides is 1. The van der Waals surface area contributed by atoms with Crippen molar-refractivity contribution >= 4 is 25.3 Å². The van der Waals surface area contributed by atoms with Crippen LogP contribution < -0.4 is 14.6 Å². The lowest BCUT2D eigenvalue weighted by Gasteiger charge is -2.21. The molecule has 0 aliphatic carbocycles. The van der Waals surface area contributed by atoms with Crippen LogP contribution in [-0.2, 0) is 24.6 Å². The van der Waals surface area contributed by atoms with Gasteiger partial charge in [0.25, 0.3) is 5.91 Å². The molecule has 200 valence electrons. The highest BCUT2D eigenvalue weighted by atomic mass is 35.5. The Balaban J connectivity index is 1.98. The third-order valence-electron chi connectivity index (χ3n) is 4.62. The Kier molecular flexibility index (Phi) is 11.5. The third-order valence-corrected chi connectivity index (χ3v) is 6.43. The number of unbranched alkanes of at least 4 members (excludes halogenated alkanes) is 2. The lowest BCUT2D eigenvalue weighted by molar-refractivity contribution is -0.137. The number of benzene rings is 1. The molecule has 0 saturated heterocycles. The minimum Gasteiger partial charge on any atom is -0.481 e. The molecule has 0 aliphatic heterocycles. The Bertz CT molecular complexity index is 1030. The SMILES string of the molecule is CCCCOP(=O)(NC(=O)C(C)Oc1ccc(Oc2ncc(C(F)(F)F)cc2Cl)cc1)OCCCC. The molecule has 2 rings (SSSR count). The number of nitrogens with zero attached hydrogens (tertiary/aromatic N) is 1. The van der Waals surface area contributed by atoms with Crippen molar-refractivity contribution < 1.29 is 41.1 Å². The summed E-state index contributed by atoms with van der Waals surface area (Å²) >= 11 is 5.85. The lowest BCUT2D eigenvalue weighted by atomic mass is 10.3. The van der Waals surface area contributed by atoms with Crippen LogP contribution in [0.1, 0.15) is 52.0 Å². The van der Waals surface area contributed by atoms with Gasteiger partial charge in [-0.3, -0.25) is 18.9 Å². The predicted molar refractivity (Wildman–Crippen MR) is 128 cm³/mol. The first-order valence-electron chi connectivity index (χ1n) is 11.4. The second-order valence-corrected chi connectivity index (χ2v) is 9.83. The summed E-state index contributed by atoms with van der Waals surface area (Å²) < 4.78 is 72.9. The highest BCUT2D eigenvalue weighted by Crippen LogP contribution is 2.44. The lowest BCUT2D eigenvalue weighted by Crippen LogP contribution is -2.35. The number of rotatable bonds is 14. The first-order valence-corrected chi connectivity index (χ1v) is 13.3. The maximum Gasteiger partial charge on any atom is 0.435 e. The van der Waals surface area contributed by atoms with Crippen LogP contribution in [0.25, 0.3) is 0 Å². The minimum absolute atomic E-state index is 0.175. The predicted octanol–water partition coefficient (Wildman–Crippen LogP) is 7.17. The summed E-state index contributed by atoms with van der Waals surface area (Å²) in [4.78, 5) is 16.2. The molecular formula is C23H29ClF3N2O6P. The molecule has 0 saturated carbocycles. The van der Waals surface area contributed by atoms with E-state index in [1.54, 1.807) is 0 Å². The zero-order valence-corrected chi connectivity index (χ0v) is 21.8. The first-order chi connectivity index (χ1) is 17.0. The molecule has 1 amide bonds. The number of hydrogen-bond acceptors (Lipinski definition) is 7. The number of ether oxygens (including phenoxy) is 2. The van der Waals surface area contributed by atoms with Crippen LogP contribution in [0.5, 0.6) is 17.4 Å². The molecule has 36 heavy (non-hydrogen) atoms. The molecule has 8 nitrogen and oxygen atoms in total. The number of carbonyl (C=O) groups is 1. The van der Waals surface area contributed by atoms with E-state index in [1.165, 1.54) is 31.2 Å². The van der Waals surface area contributed by atoms with Crippen LogP contribution in [0.2, 0.25) is 5.02 Å². The standard InChI is InChI=1S/C23H29ClF3N2O6P/c1-4-6-12-32-36(31,33-13-7-5-2)29-21(30)16(3)34-18-8-10-19(11-9-18)35-22-20(24)14-17(15-28-22)23(25,26)27/h8-11,14-16H,4-7,12-13H2,1-3H3,(H,29,30,31). The summed E-state index contributed by atoms with van der Waals surface area (Å²) in [6, 6.07) is 6.60. The van der Waals surface area contributed by atoms with Gasteiger partial charge in [-0.05, 0) is 50.1 Å². The van der Waals surface area contributed by atoms with Gasteiger partial charge in [0.2, 0.25) is 5.88 Å². The molecule has 0 bridgehead atoms. The van der Waals surface area contributed by atoms with Crippen molar-refractivity contribution in [2.45, 2.75) is 58.7 Å². The summed E-state index contributed by atoms with van der Waals surface area (Å²) in [5, 5.41) is 2.01. The molecule has 0 radical (unpaired) electrons. The topological polar surface area (TPSA) is 96.0 Å². The fourth-order valence-corrected chi connectivity index (χ4v) is 4.20. The molecular weight excluding hydrogens is 524 g/mol. The van der Waals surface area contributed by atoms with Gasteiger partial charge >= 0.3 is 13.9 Å². The van der Waals surface area contributed by atoms with Gasteiger partial charge in [0.05, 0.1) is 18.8 Å². The van der Waals surface area contributed by atoms with Crippen molar-refractivity contribution in [3.8, 4) is 17.4 Å². The smallest absolute Gasteiger partial charge is 0.435 e. The van der Waals surface area contributed by atoms with E-state index < -0.39 is 31.5 Å². The molecule has 1 N–H and O–H groups in total. The van der Waals surface area contributed by atoms with Crippen LogP contribution in [-0.4, -0.2) is 30.2 Å². The Morgan fingerprint density at radius 2 is 1.64 bits per heavy atom. The van der Waals surface area contributed by atoms with Crippen molar-refractivity contribution in [2.75, 3.05) is 13.2 Å². The van der Waals surface area contributed by atoms with E-state index in [0.29, 0.717) is 19.0 Å². The van der Waals surface area contributed by atoms with Crippen LogP contribution in [0.4, 0.5) is 13.2 Å². The first kappa shape index (κ1) is 29.9. The Labute approximate surface area is 213 Å². The highest BCUT2D eigenvalue weighted by Gasteiger charge is 2.32. The molecule has 0 aliphatic rings. The van der Waals surface area contributed by atoms with Crippen LogP contribution >= 0.6 is 19.3 Å². The Morgan fingerprint density at radius 3 is 2.14 bits per heavy atom. The number of carbonyl (C=O) groups excluding carboxylic acids is 1. The number of hydrogen-bond donors (Lipinski definition) is 1. The molecule has 13 heteroatoms. The van der Waals surface area contributed by atoms with Gasteiger partial charge < -0.3 is 9.47 Å². The Hall–Kier alpha value is -2.33. The maximum absolute atomic E-state index is 12.9. The minimum atomic E-state index is -4.58. The van der Waals surface area contributed by atoms with Crippen LogP contribution in [0.15, 0.2) is 36.5 Å². The molecule has 1 unspecified atom stereocenters. The third kappa shape index (κ3) is 9.61. The van der Waals surface area contributed by atoms with Gasteiger partial charge in [-0.2, -0.15) is 13.2 Å². The van der Waals surface area contributed by atoms with E-state index in [1.807, 2.05) is 13.8 Å². The van der Waals surface area contributed by atoms with Gasteiger partial charge in [-0.15, -0.1) is 0 Å². The normalized spacial score (nSPS) is 12.8. The largest absolute Gasteiger partial charge is 0.481 e. The van der Waals surface area contributed by atoms with E-state index in [-0.39, 0.29) is 35.6 Å². The van der Waals surface area contributed by atoms with E-state index in [2.05, 4.69) is 10.1 Å². The van der Waals surface area contributed by atoms with E-state index in [4.69, 9.17) is 30.1 Å². The molecule has 1 aromatic heterocycles. The second-order valence-electron chi connectivity index (χ2n) is 7.69. The van der Waals surface area contributed by atoms with Gasteiger partial charge in [0.15, 0.2) is 6.10 Å². The van der Waals surface area contributed by atoms with Crippen LogP contribution in [0.3, 0.4) is 0 Å². The molecule has 0 spiro atoms. The average molecular weight is 553 g/mol. The quantitative estimate of drug-likeness (QED) is 0.196. The summed E-state index contributed by atoms with van der Waals surface area (Å²) in [6.45, 7) is 5.72. The summed E-state index contributed by atoms with van der Waals surface area (Å²) in [7, 11) is -3.85. The molecule has 2 aromatic rings. The van der Waals surface area contributed by atoms with Crippen molar-refractivity contribution in [3.63, 3.8) is 0 Å². The molecule has 1 heterocycles. The fraction of sp³-hybridized carbons (Fsp3) is 0.478. The maximum atomic E-state index is 12.9. The second kappa shape index (κ2) is 13.8. The number of pyridine rings is 1. The van der Waals surface area contributed by atoms with Gasteiger partial charge in [-0.1, -0.05) is 38.3 Å². The highest BCUT2D eigenvalue weighted by molar-refractivity contribution is 7.52. The monoisotopic (exact) mass is 552 g/mol. The molecule has 1 aromatic carbocycles. The average Bonchev–Trinajstić information content (AvgIpc) is 2.81. The van der Waals surface area contributed by atoms with Gasteiger partial charge in [0, 0.05) is 6.20 Å². The van der Waals surface area contributed by atoms with Crippen molar-refractivity contribution in [3.05, 3.63) is 47.1 Å². The van der Waals surface area contributed by atoms with Crippen molar-refractivity contribution in [1.29, 1.82) is 0 Å². The van der Waals surface area contributed by atoms with Crippen LogP contribution in [0, 0.1) is 0 Å². The van der Waals surface area contributed by atoms with Gasteiger partial charge in [0.1, 0.15) is 16.5 Å². The summed E-state index contributed by atoms with van der Waals surface area (Å²) in [5.74, 6) is -0.378.